The van der Waals surface area contributed by atoms with Crippen LogP contribution in [0.5, 0.6) is 0 Å². The third kappa shape index (κ3) is 3.44. The average Bonchev–Trinajstić information content (AvgIpc) is 2.79. The van der Waals surface area contributed by atoms with Crippen LogP contribution in [0.15, 0.2) is 18.2 Å². The van der Waals surface area contributed by atoms with Gasteiger partial charge < -0.3 is 5.11 Å². The number of nitrogens with zero attached hydrogens (tertiary/aromatic N) is 1. The smallest absolute Gasteiger partial charge is 0.141 e. The molecular formula is C14H19ClFNO. The predicted octanol–water partition coefficient (Wildman–Crippen LogP) is 3.22. The Morgan fingerprint density at radius 3 is 3.00 bits per heavy atom. The largest absolute Gasteiger partial charge is 0.396 e. The molecule has 18 heavy (non-hydrogen) atoms. The lowest BCUT2D eigenvalue weighted by Gasteiger charge is -2.24. The minimum atomic E-state index is -0.362. The molecule has 1 N–H and O–H groups in total. The SMILES string of the molecule is OCCCC1CCCN1Cc1ccc(F)c(Cl)c1. The van der Waals surface area contributed by atoms with Crippen molar-refractivity contribution in [2.24, 2.45) is 0 Å². The van der Waals surface area contributed by atoms with Crippen molar-refractivity contribution in [2.45, 2.75) is 38.3 Å². The van der Waals surface area contributed by atoms with E-state index in [1.807, 2.05) is 0 Å². The van der Waals surface area contributed by atoms with Crippen LogP contribution in [-0.2, 0) is 6.54 Å². The van der Waals surface area contributed by atoms with Crippen molar-refractivity contribution in [1.82, 2.24) is 4.90 Å². The molecule has 0 spiro atoms. The zero-order valence-electron chi connectivity index (χ0n) is 10.4. The van der Waals surface area contributed by atoms with Gasteiger partial charge in [-0.2, -0.15) is 0 Å². The zero-order chi connectivity index (χ0) is 13.0. The summed E-state index contributed by atoms with van der Waals surface area (Å²) in [5.74, 6) is -0.362. The maximum absolute atomic E-state index is 13.1. The molecule has 0 aromatic heterocycles. The lowest BCUT2D eigenvalue weighted by molar-refractivity contribution is 0.210. The summed E-state index contributed by atoms with van der Waals surface area (Å²) in [6.07, 6.45) is 4.27. The van der Waals surface area contributed by atoms with Crippen molar-refractivity contribution >= 4 is 11.6 Å². The van der Waals surface area contributed by atoms with Gasteiger partial charge in [0.15, 0.2) is 0 Å². The number of rotatable bonds is 5. The van der Waals surface area contributed by atoms with Crippen molar-refractivity contribution < 1.29 is 9.50 Å². The number of hydrogen-bond acceptors (Lipinski definition) is 2. The Balaban J connectivity index is 1.96. The zero-order valence-corrected chi connectivity index (χ0v) is 11.2. The molecule has 0 aliphatic carbocycles. The summed E-state index contributed by atoms with van der Waals surface area (Å²) in [5.41, 5.74) is 1.05. The number of likely N-dealkylation sites (tertiary alicyclic amines) is 1. The molecule has 1 aromatic carbocycles. The van der Waals surface area contributed by atoms with Crippen LogP contribution in [0.3, 0.4) is 0 Å². The number of benzene rings is 1. The van der Waals surface area contributed by atoms with E-state index in [-0.39, 0.29) is 17.4 Å². The Bertz CT molecular complexity index is 399. The molecule has 2 rings (SSSR count). The molecule has 0 amide bonds. The fourth-order valence-corrected chi connectivity index (χ4v) is 2.83. The molecule has 0 bridgehead atoms. The van der Waals surface area contributed by atoms with Gasteiger partial charge in [0.25, 0.3) is 0 Å². The molecule has 1 saturated heterocycles. The second-order valence-corrected chi connectivity index (χ2v) is 5.29. The molecule has 1 aromatic rings. The second-order valence-electron chi connectivity index (χ2n) is 4.88. The highest BCUT2D eigenvalue weighted by atomic mass is 35.5. The average molecular weight is 272 g/mol. The summed E-state index contributed by atoms with van der Waals surface area (Å²) in [7, 11) is 0. The summed E-state index contributed by atoms with van der Waals surface area (Å²) >= 11 is 5.79. The standard InChI is InChI=1S/C14H19ClFNO/c15-13-9-11(5-6-14(13)16)10-17-7-1-3-12(17)4-2-8-18/h5-6,9,12,18H,1-4,7-8,10H2. The van der Waals surface area contributed by atoms with Crippen molar-refractivity contribution in [1.29, 1.82) is 0 Å². The van der Waals surface area contributed by atoms with Crippen molar-refractivity contribution in [2.75, 3.05) is 13.2 Å². The molecular weight excluding hydrogens is 253 g/mol. The third-order valence-corrected chi connectivity index (χ3v) is 3.85. The van der Waals surface area contributed by atoms with Crippen molar-refractivity contribution in [3.63, 3.8) is 0 Å². The first kappa shape index (κ1) is 13.8. The van der Waals surface area contributed by atoms with Crippen LogP contribution in [0.4, 0.5) is 4.39 Å². The molecule has 1 aliphatic heterocycles. The molecule has 4 heteroatoms. The maximum atomic E-state index is 13.1. The summed E-state index contributed by atoms with van der Waals surface area (Å²) in [5, 5.41) is 9.09. The minimum Gasteiger partial charge on any atom is -0.396 e. The van der Waals surface area contributed by atoms with Gasteiger partial charge in [-0.15, -0.1) is 0 Å². The van der Waals surface area contributed by atoms with Gasteiger partial charge in [0.05, 0.1) is 5.02 Å². The van der Waals surface area contributed by atoms with E-state index in [1.54, 1.807) is 12.1 Å². The van der Waals surface area contributed by atoms with E-state index in [0.717, 1.165) is 31.5 Å². The molecule has 0 saturated carbocycles. The van der Waals surface area contributed by atoms with Gasteiger partial charge in [0, 0.05) is 19.2 Å². The lowest BCUT2D eigenvalue weighted by atomic mass is 10.1. The Hall–Kier alpha value is -0.640. The van der Waals surface area contributed by atoms with E-state index >= 15 is 0 Å². The first-order chi connectivity index (χ1) is 8.70. The molecule has 1 heterocycles. The number of aliphatic hydroxyl groups excluding tert-OH is 1. The van der Waals surface area contributed by atoms with Gasteiger partial charge >= 0.3 is 0 Å². The lowest BCUT2D eigenvalue weighted by Crippen LogP contribution is -2.29. The van der Waals surface area contributed by atoms with Crippen LogP contribution in [0.1, 0.15) is 31.2 Å². The highest BCUT2D eigenvalue weighted by Gasteiger charge is 2.23. The van der Waals surface area contributed by atoms with E-state index in [2.05, 4.69) is 4.90 Å². The summed E-state index contributed by atoms with van der Waals surface area (Å²) in [6.45, 7) is 2.15. The second kappa shape index (κ2) is 6.50. The van der Waals surface area contributed by atoms with Gasteiger partial charge in [-0.3, -0.25) is 4.90 Å². The van der Waals surface area contributed by atoms with Gasteiger partial charge in [-0.05, 0) is 49.9 Å². The Kier molecular flexibility index (Phi) is 4.98. The third-order valence-electron chi connectivity index (χ3n) is 3.56. The van der Waals surface area contributed by atoms with E-state index in [9.17, 15) is 4.39 Å². The van der Waals surface area contributed by atoms with Gasteiger partial charge in [-0.1, -0.05) is 17.7 Å². The molecule has 0 radical (unpaired) electrons. The van der Waals surface area contributed by atoms with Crippen LogP contribution in [-0.4, -0.2) is 29.2 Å². The monoisotopic (exact) mass is 271 g/mol. The molecule has 1 atom stereocenters. The quantitative estimate of drug-likeness (QED) is 0.889. The number of hydrogen-bond donors (Lipinski definition) is 1. The topological polar surface area (TPSA) is 23.5 Å². The summed E-state index contributed by atoms with van der Waals surface area (Å²) < 4.78 is 13.1. The Labute approximate surface area is 112 Å². The summed E-state index contributed by atoms with van der Waals surface area (Å²) in [6, 6.07) is 5.47. The Morgan fingerprint density at radius 2 is 2.28 bits per heavy atom. The van der Waals surface area contributed by atoms with Crippen LogP contribution in [0.25, 0.3) is 0 Å². The minimum absolute atomic E-state index is 0.193. The first-order valence-corrected chi connectivity index (χ1v) is 6.87. The molecule has 1 unspecified atom stereocenters. The van der Waals surface area contributed by atoms with E-state index in [1.165, 1.54) is 18.9 Å². The van der Waals surface area contributed by atoms with Crippen LogP contribution >= 0.6 is 11.6 Å². The maximum Gasteiger partial charge on any atom is 0.141 e. The van der Waals surface area contributed by atoms with Crippen LogP contribution in [0.2, 0.25) is 5.02 Å². The van der Waals surface area contributed by atoms with Gasteiger partial charge in [0.1, 0.15) is 5.82 Å². The Morgan fingerprint density at radius 1 is 1.44 bits per heavy atom. The van der Waals surface area contributed by atoms with Crippen LogP contribution in [0, 0.1) is 5.82 Å². The number of aliphatic hydroxyl groups is 1. The van der Waals surface area contributed by atoms with E-state index < -0.39 is 0 Å². The predicted molar refractivity (Wildman–Crippen MR) is 71.2 cm³/mol. The molecule has 100 valence electrons. The summed E-state index contributed by atoms with van der Waals surface area (Å²) in [4.78, 5) is 2.40. The fourth-order valence-electron chi connectivity index (χ4n) is 2.63. The molecule has 1 aliphatic rings. The number of halogens is 2. The fraction of sp³-hybridized carbons (Fsp3) is 0.571. The molecule has 1 fully saturated rings. The van der Waals surface area contributed by atoms with Crippen molar-refractivity contribution in [3.05, 3.63) is 34.6 Å². The van der Waals surface area contributed by atoms with Crippen LogP contribution < -0.4 is 0 Å². The van der Waals surface area contributed by atoms with Gasteiger partial charge in [-0.25, -0.2) is 4.39 Å². The van der Waals surface area contributed by atoms with Crippen molar-refractivity contribution in [3.8, 4) is 0 Å². The van der Waals surface area contributed by atoms with E-state index in [0.29, 0.717) is 6.04 Å². The van der Waals surface area contributed by atoms with E-state index in [4.69, 9.17) is 16.7 Å². The highest BCUT2D eigenvalue weighted by Crippen LogP contribution is 2.25. The molecule has 2 nitrogen and oxygen atoms in total. The first-order valence-electron chi connectivity index (χ1n) is 6.49. The normalized spacial score (nSPS) is 20.5. The van der Waals surface area contributed by atoms with Gasteiger partial charge in [0.2, 0.25) is 0 Å². The highest BCUT2D eigenvalue weighted by molar-refractivity contribution is 6.30.